The summed E-state index contributed by atoms with van der Waals surface area (Å²) >= 11 is 6.00. The van der Waals surface area contributed by atoms with Gasteiger partial charge in [-0.3, -0.25) is 9.78 Å². The number of alkyl halides is 4. The Labute approximate surface area is 205 Å². The molecule has 9 heteroatoms. The molecule has 3 aromatic rings. The van der Waals surface area contributed by atoms with E-state index in [2.05, 4.69) is 4.98 Å². The number of hydrogen-bond donors (Lipinski definition) is 0. The van der Waals surface area contributed by atoms with Crippen molar-refractivity contribution in [3.63, 3.8) is 0 Å². The maximum absolute atomic E-state index is 13.0. The molecule has 182 valence electrons. The van der Waals surface area contributed by atoms with Gasteiger partial charge in [0.1, 0.15) is 6.04 Å². The fourth-order valence-corrected chi connectivity index (χ4v) is 3.60. The third-order valence-electron chi connectivity index (χ3n) is 5.20. The zero-order chi connectivity index (χ0) is 25.4. The molecule has 35 heavy (non-hydrogen) atoms. The molecule has 0 N–H and O–H groups in total. The van der Waals surface area contributed by atoms with Gasteiger partial charge < -0.3 is 9.64 Å². The molecule has 1 aromatic heterocycles. The second kappa shape index (κ2) is 11.7. The van der Waals surface area contributed by atoms with E-state index in [1.54, 1.807) is 6.20 Å². The second-order valence-corrected chi connectivity index (χ2v) is 7.83. The van der Waals surface area contributed by atoms with Crippen LogP contribution < -0.4 is 0 Å². The van der Waals surface area contributed by atoms with Crippen LogP contribution in [0.4, 0.5) is 13.2 Å². The van der Waals surface area contributed by atoms with E-state index >= 15 is 0 Å². The van der Waals surface area contributed by atoms with Gasteiger partial charge in [-0.2, -0.15) is 13.2 Å². The van der Waals surface area contributed by atoms with Crippen molar-refractivity contribution in [1.82, 2.24) is 9.88 Å². The number of halogens is 4. The quantitative estimate of drug-likeness (QED) is 0.229. The van der Waals surface area contributed by atoms with E-state index in [1.807, 2.05) is 42.5 Å². The SMILES string of the molecule is COC(=O)[C@@H](CCl)N(Cc1ccc(-c2ccccn2)cc1)C(=O)/C=C/c1ccc(C(F)(F)F)cc1. The van der Waals surface area contributed by atoms with Gasteiger partial charge in [-0.05, 0) is 41.5 Å². The lowest BCUT2D eigenvalue weighted by Crippen LogP contribution is -2.45. The fraction of sp³-hybridized carbons (Fsp3) is 0.192. The standard InChI is InChI=1S/C26H22ClF3N2O3/c1-35-25(34)23(16-27)32(17-19-5-10-20(11-6-19)22-4-2-3-15-31-22)24(33)14-9-18-7-12-21(13-8-18)26(28,29)30/h2-15,23H,16-17H2,1H3/b14-9+/t23-/m1/s1. The summed E-state index contributed by atoms with van der Waals surface area (Å²) in [6, 6.07) is 16.2. The van der Waals surface area contributed by atoms with Crippen molar-refractivity contribution < 1.29 is 27.5 Å². The second-order valence-electron chi connectivity index (χ2n) is 7.52. The highest BCUT2D eigenvalue weighted by atomic mass is 35.5. The number of rotatable bonds is 8. The van der Waals surface area contributed by atoms with Gasteiger partial charge in [0.15, 0.2) is 0 Å². The van der Waals surface area contributed by atoms with E-state index in [9.17, 15) is 22.8 Å². The largest absolute Gasteiger partial charge is 0.467 e. The van der Waals surface area contributed by atoms with Crippen LogP contribution in [0.5, 0.6) is 0 Å². The topological polar surface area (TPSA) is 59.5 Å². The molecule has 0 aliphatic rings. The highest BCUT2D eigenvalue weighted by molar-refractivity contribution is 6.20. The van der Waals surface area contributed by atoms with Crippen molar-refractivity contribution in [2.45, 2.75) is 18.8 Å². The Kier molecular flexibility index (Phi) is 8.65. The van der Waals surface area contributed by atoms with Crippen molar-refractivity contribution in [1.29, 1.82) is 0 Å². The molecule has 5 nitrogen and oxygen atoms in total. The lowest BCUT2D eigenvalue weighted by atomic mass is 10.1. The minimum atomic E-state index is -4.45. The molecular formula is C26H22ClF3N2O3. The first kappa shape index (κ1) is 26.0. The average molecular weight is 503 g/mol. The summed E-state index contributed by atoms with van der Waals surface area (Å²) in [5, 5.41) is 0. The molecule has 3 rings (SSSR count). The van der Waals surface area contributed by atoms with Gasteiger partial charge in [-0.25, -0.2) is 4.79 Å². The molecule has 0 spiro atoms. The van der Waals surface area contributed by atoms with Crippen molar-refractivity contribution in [3.8, 4) is 11.3 Å². The van der Waals surface area contributed by atoms with E-state index in [4.69, 9.17) is 16.3 Å². The molecule has 0 aliphatic heterocycles. The van der Waals surface area contributed by atoms with Gasteiger partial charge in [0.2, 0.25) is 5.91 Å². The first-order valence-corrected chi connectivity index (χ1v) is 11.1. The molecular weight excluding hydrogens is 481 g/mol. The van der Waals surface area contributed by atoms with Gasteiger partial charge >= 0.3 is 12.1 Å². The molecule has 1 heterocycles. The Morgan fingerprint density at radius 2 is 1.74 bits per heavy atom. The number of ether oxygens (including phenoxy) is 1. The summed E-state index contributed by atoms with van der Waals surface area (Å²) in [5.41, 5.74) is 2.02. The summed E-state index contributed by atoms with van der Waals surface area (Å²) in [7, 11) is 1.20. The lowest BCUT2D eigenvalue weighted by Gasteiger charge is -2.28. The zero-order valence-electron chi connectivity index (χ0n) is 18.7. The van der Waals surface area contributed by atoms with Crippen LogP contribution >= 0.6 is 11.6 Å². The predicted molar refractivity (Wildman–Crippen MR) is 127 cm³/mol. The van der Waals surface area contributed by atoms with Gasteiger partial charge in [0.05, 0.1) is 24.2 Å². The Hall–Kier alpha value is -3.65. The maximum Gasteiger partial charge on any atom is 0.416 e. The number of aromatic nitrogens is 1. The molecule has 0 fully saturated rings. The fourth-order valence-electron chi connectivity index (χ4n) is 3.31. The number of esters is 1. The Morgan fingerprint density at radius 3 is 2.29 bits per heavy atom. The molecule has 0 bridgehead atoms. The highest BCUT2D eigenvalue weighted by Gasteiger charge is 2.30. The average Bonchev–Trinajstić information content (AvgIpc) is 2.87. The normalized spacial score (nSPS) is 12.4. The minimum Gasteiger partial charge on any atom is -0.467 e. The van der Waals surface area contributed by atoms with Crippen molar-refractivity contribution >= 4 is 29.6 Å². The minimum absolute atomic E-state index is 0.0607. The molecule has 1 atom stereocenters. The smallest absolute Gasteiger partial charge is 0.416 e. The third-order valence-corrected chi connectivity index (χ3v) is 5.49. The molecule has 1 amide bonds. The molecule has 0 unspecified atom stereocenters. The first-order chi connectivity index (χ1) is 16.7. The first-order valence-electron chi connectivity index (χ1n) is 10.5. The van der Waals surface area contributed by atoms with E-state index < -0.39 is 29.7 Å². The van der Waals surface area contributed by atoms with Crippen LogP contribution in [-0.2, 0) is 27.0 Å². The van der Waals surface area contributed by atoms with Gasteiger partial charge in [0.25, 0.3) is 0 Å². The Bertz CT molecular complexity index is 1170. The van der Waals surface area contributed by atoms with Crippen LogP contribution in [0, 0.1) is 0 Å². The zero-order valence-corrected chi connectivity index (χ0v) is 19.5. The molecule has 0 radical (unpaired) electrons. The molecule has 2 aromatic carbocycles. The third kappa shape index (κ3) is 6.93. The lowest BCUT2D eigenvalue weighted by molar-refractivity contribution is -0.150. The summed E-state index contributed by atoms with van der Waals surface area (Å²) in [6.45, 7) is 0.0607. The number of pyridine rings is 1. The number of amides is 1. The van der Waals surface area contributed by atoms with Crippen molar-refractivity contribution in [3.05, 3.63) is 95.7 Å². The Morgan fingerprint density at radius 1 is 1.06 bits per heavy atom. The maximum atomic E-state index is 13.0. The number of nitrogens with zero attached hydrogens (tertiary/aromatic N) is 2. The van der Waals surface area contributed by atoms with Gasteiger partial charge in [0, 0.05) is 24.4 Å². The number of carbonyl (C=O) groups excluding carboxylic acids is 2. The summed E-state index contributed by atoms with van der Waals surface area (Å²) in [5.74, 6) is -1.42. The number of hydrogen-bond acceptors (Lipinski definition) is 4. The van der Waals surface area contributed by atoms with Gasteiger partial charge in [-0.1, -0.05) is 42.5 Å². The van der Waals surface area contributed by atoms with Crippen molar-refractivity contribution in [2.24, 2.45) is 0 Å². The summed E-state index contributed by atoms with van der Waals surface area (Å²) < 4.78 is 43.1. The number of methoxy groups -OCH3 is 1. The van der Waals surface area contributed by atoms with Crippen LogP contribution in [-0.4, -0.2) is 40.8 Å². The van der Waals surface area contributed by atoms with Crippen LogP contribution in [0.1, 0.15) is 16.7 Å². The summed E-state index contributed by atoms with van der Waals surface area (Å²) in [4.78, 5) is 30.9. The van der Waals surface area contributed by atoms with E-state index in [1.165, 1.54) is 36.3 Å². The van der Waals surface area contributed by atoms with Crippen LogP contribution in [0.2, 0.25) is 0 Å². The van der Waals surface area contributed by atoms with Crippen molar-refractivity contribution in [2.75, 3.05) is 13.0 Å². The predicted octanol–water partition coefficient (Wildman–Crippen LogP) is 5.59. The van der Waals surface area contributed by atoms with Crippen LogP contribution in [0.25, 0.3) is 17.3 Å². The monoisotopic (exact) mass is 502 g/mol. The van der Waals surface area contributed by atoms with Crippen LogP contribution in [0.3, 0.4) is 0 Å². The summed E-state index contributed by atoms with van der Waals surface area (Å²) in [6.07, 6.45) is -0.196. The number of carbonyl (C=O) groups is 2. The number of benzene rings is 2. The van der Waals surface area contributed by atoms with Gasteiger partial charge in [-0.15, -0.1) is 11.6 Å². The molecule has 0 saturated heterocycles. The van der Waals surface area contributed by atoms with E-state index in [0.29, 0.717) is 5.56 Å². The van der Waals surface area contributed by atoms with Crippen LogP contribution in [0.15, 0.2) is 79.0 Å². The molecule has 0 aliphatic carbocycles. The van der Waals surface area contributed by atoms with E-state index in [0.717, 1.165) is 29.0 Å². The highest BCUT2D eigenvalue weighted by Crippen LogP contribution is 2.29. The molecule has 0 saturated carbocycles. The Balaban J connectivity index is 1.82. The van der Waals surface area contributed by atoms with E-state index in [-0.39, 0.29) is 12.4 Å².